The number of non-ortho nitro benzene ring substituents is 1. The molecule has 2 heterocycles. The molecule has 2 aromatic carbocycles. The average molecular weight is 413 g/mol. The van der Waals surface area contributed by atoms with Crippen molar-refractivity contribution in [2.24, 2.45) is 0 Å². The molecule has 0 N–H and O–H groups in total. The number of hydrogen-bond acceptors (Lipinski definition) is 6. The van der Waals surface area contributed by atoms with E-state index in [0.29, 0.717) is 40.3 Å². The number of carbonyl (C=O) groups is 1. The Morgan fingerprint density at radius 1 is 1.14 bits per heavy atom. The van der Waals surface area contributed by atoms with E-state index in [1.165, 1.54) is 17.0 Å². The summed E-state index contributed by atoms with van der Waals surface area (Å²) in [4.78, 5) is 27.5. The minimum Gasteiger partial charge on any atom is -0.302 e. The predicted molar refractivity (Wildman–Crippen MR) is 108 cm³/mol. The van der Waals surface area contributed by atoms with Crippen LogP contribution in [0.1, 0.15) is 11.6 Å². The fourth-order valence-electron chi connectivity index (χ4n) is 3.37. The number of nitro groups is 1. The molecule has 0 unspecified atom stereocenters. The summed E-state index contributed by atoms with van der Waals surface area (Å²) < 4.78 is 1.79. The maximum absolute atomic E-state index is 13.2. The second kappa shape index (κ2) is 7.26. The van der Waals surface area contributed by atoms with E-state index in [1.807, 2.05) is 19.0 Å². The second-order valence-corrected chi connectivity index (χ2v) is 7.30. The van der Waals surface area contributed by atoms with Gasteiger partial charge in [-0.1, -0.05) is 23.7 Å². The van der Waals surface area contributed by atoms with E-state index < -0.39 is 4.92 Å². The van der Waals surface area contributed by atoms with Gasteiger partial charge in [-0.25, -0.2) is 0 Å². The molecule has 1 aliphatic rings. The summed E-state index contributed by atoms with van der Waals surface area (Å²) in [7, 11) is 3.80. The number of hydrogen-bond donors (Lipinski definition) is 0. The van der Waals surface area contributed by atoms with E-state index in [9.17, 15) is 14.9 Å². The Hall–Kier alpha value is -3.30. The lowest BCUT2D eigenvalue weighted by Gasteiger charge is -2.24. The Bertz CT molecular complexity index is 1130. The highest BCUT2D eigenvalue weighted by Gasteiger charge is 2.32. The summed E-state index contributed by atoms with van der Waals surface area (Å²) in [6.07, 6.45) is -0.0197. The van der Waals surface area contributed by atoms with Crippen molar-refractivity contribution < 1.29 is 9.72 Å². The molecule has 0 bridgehead atoms. The Morgan fingerprint density at radius 3 is 2.59 bits per heavy atom. The van der Waals surface area contributed by atoms with Crippen LogP contribution < -0.4 is 4.90 Å². The fourth-order valence-corrected chi connectivity index (χ4v) is 3.59. The largest absolute Gasteiger partial charge is 0.302 e. The average Bonchev–Trinajstić information content (AvgIpc) is 2.98. The highest BCUT2D eigenvalue weighted by molar-refractivity contribution is 6.34. The quantitative estimate of drug-likeness (QED) is 0.482. The van der Waals surface area contributed by atoms with Crippen molar-refractivity contribution in [1.29, 1.82) is 0 Å². The van der Waals surface area contributed by atoms with Gasteiger partial charge in [-0.3, -0.25) is 24.4 Å². The first-order valence-corrected chi connectivity index (χ1v) is 9.19. The van der Waals surface area contributed by atoms with Crippen LogP contribution in [0.15, 0.2) is 42.5 Å². The first kappa shape index (κ1) is 19.0. The number of carbonyl (C=O) groups excluding carboxylic acids is 1. The van der Waals surface area contributed by atoms with Gasteiger partial charge in [0.1, 0.15) is 5.82 Å². The highest BCUT2D eigenvalue weighted by Crippen LogP contribution is 2.40. The number of amides is 1. The monoisotopic (exact) mass is 412 g/mol. The third kappa shape index (κ3) is 3.34. The molecule has 3 aromatic rings. The summed E-state index contributed by atoms with van der Waals surface area (Å²) >= 11 is 6.36. The van der Waals surface area contributed by atoms with Crippen molar-refractivity contribution in [3.63, 3.8) is 0 Å². The summed E-state index contributed by atoms with van der Waals surface area (Å²) in [5.74, 6) is 0.799. The number of halogens is 1. The molecule has 0 radical (unpaired) electrons. The van der Waals surface area contributed by atoms with Crippen LogP contribution in [0.5, 0.6) is 0 Å². The number of para-hydroxylation sites is 1. The van der Waals surface area contributed by atoms with Crippen molar-refractivity contribution in [1.82, 2.24) is 19.7 Å². The zero-order valence-corrected chi connectivity index (χ0v) is 16.5. The third-order valence-corrected chi connectivity index (χ3v) is 4.88. The van der Waals surface area contributed by atoms with E-state index in [1.54, 1.807) is 34.9 Å². The first-order chi connectivity index (χ1) is 13.9. The fraction of sp³-hybridized carbons (Fsp3) is 0.211. The van der Waals surface area contributed by atoms with Gasteiger partial charge in [0.2, 0.25) is 5.91 Å². The van der Waals surface area contributed by atoms with Gasteiger partial charge in [0.25, 0.3) is 5.69 Å². The molecule has 4 rings (SSSR count). The zero-order valence-electron chi connectivity index (χ0n) is 15.7. The van der Waals surface area contributed by atoms with Gasteiger partial charge < -0.3 is 4.90 Å². The molecular weight excluding hydrogens is 396 g/mol. The van der Waals surface area contributed by atoms with Gasteiger partial charge in [-0.15, -0.1) is 10.2 Å². The molecule has 0 saturated heterocycles. The zero-order chi connectivity index (χ0) is 20.7. The molecule has 0 aliphatic carbocycles. The van der Waals surface area contributed by atoms with Gasteiger partial charge in [0.15, 0.2) is 5.82 Å². The highest BCUT2D eigenvalue weighted by atomic mass is 35.5. The molecule has 9 nitrogen and oxygen atoms in total. The van der Waals surface area contributed by atoms with Crippen LogP contribution in [0.25, 0.3) is 5.69 Å². The van der Waals surface area contributed by atoms with Crippen LogP contribution >= 0.6 is 11.6 Å². The van der Waals surface area contributed by atoms with Crippen molar-refractivity contribution in [2.45, 2.75) is 13.0 Å². The van der Waals surface area contributed by atoms with E-state index in [4.69, 9.17) is 11.6 Å². The number of fused-ring (bicyclic) bond motifs is 3. The Labute approximate surface area is 171 Å². The Morgan fingerprint density at radius 2 is 1.90 bits per heavy atom. The van der Waals surface area contributed by atoms with Crippen LogP contribution in [0, 0.1) is 10.1 Å². The van der Waals surface area contributed by atoms with Crippen LogP contribution in [0.3, 0.4) is 0 Å². The molecule has 0 saturated carbocycles. The number of anilines is 2. The van der Waals surface area contributed by atoms with Gasteiger partial charge in [0.05, 0.1) is 40.0 Å². The maximum atomic E-state index is 13.2. The lowest BCUT2D eigenvalue weighted by molar-refractivity contribution is -0.384. The van der Waals surface area contributed by atoms with Crippen molar-refractivity contribution in [2.75, 3.05) is 19.0 Å². The molecule has 0 fully saturated rings. The van der Waals surface area contributed by atoms with Gasteiger partial charge in [0, 0.05) is 12.1 Å². The smallest absolute Gasteiger partial charge is 0.271 e. The first-order valence-electron chi connectivity index (χ1n) is 8.81. The SMILES string of the molecule is CN(C)Cc1nnc2n1-c1ccc([N+](=O)[O-])cc1N(c1ccccc1Cl)C(=O)C2. The van der Waals surface area contributed by atoms with Crippen LogP contribution in [0.4, 0.5) is 17.1 Å². The molecule has 10 heteroatoms. The van der Waals surface area contributed by atoms with E-state index >= 15 is 0 Å². The van der Waals surface area contributed by atoms with E-state index in [2.05, 4.69) is 10.2 Å². The Balaban J connectivity index is 2.00. The lowest BCUT2D eigenvalue weighted by atomic mass is 10.2. The standard InChI is InChI=1S/C19H17ClN6O3/c1-23(2)11-18-22-21-17-10-19(27)24(14-6-4-3-5-13(14)20)16-9-12(26(28)29)7-8-15(16)25(17)18/h3-9H,10-11H2,1-2H3. The van der Waals surface area contributed by atoms with Crippen LogP contribution in [0.2, 0.25) is 5.02 Å². The van der Waals surface area contributed by atoms with Gasteiger partial charge >= 0.3 is 0 Å². The minimum absolute atomic E-state index is 0.0197. The number of nitrogens with zero attached hydrogens (tertiary/aromatic N) is 6. The summed E-state index contributed by atoms with van der Waals surface area (Å²) in [5.41, 5.74) is 1.27. The minimum atomic E-state index is -0.492. The molecule has 0 atom stereocenters. The third-order valence-electron chi connectivity index (χ3n) is 4.56. The number of rotatable bonds is 4. The lowest BCUT2D eigenvalue weighted by Crippen LogP contribution is -2.27. The van der Waals surface area contributed by atoms with Crippen LogP contribution in [-0.2, 0) is 17.8 Å². The molecule has 1 aliphatic heterocycles. The van der Waals surface area contributed by atoms with Crippen molar-refractivity contribution in [3.8, 4) is 5.69 Å². The topological polar surface area (TPSA) is 97.4 Å². The second-order valence-electron chi connectivity index (χ2n) is 6.89. The molecular formula is C19H17ClN6O3. The molecule has 1 aromatic heterocycles. The normalized spacial score (nSPS) is 13.2. The summed E-state index contributed by atoms with van der Waals surface area (Å²) in [5, 5.41) is 20.2. The van der Waals surface area contributed by atoms with Crippen molar-refractivity contribution in [3.05, 3.63) is 69.3 Å². The van der Waals surface area contributed by atoms with Crippen molar-refractivity contribution >= 4 is 34.6 Å². The number of aromatic nitrogens is 3. The molecule has 29 heavy (non-hydrogen) atoms. The summed E-state index contributed by atoms with van der Waals surface area (Å²) in [6, 6.07) is 11.3. The van der Waals surface area contributed by atoms with E-state index in [-0.39, 0.29) is 18.0 Å². The maximum Gasteiger partial charge on any atom is 0.271 e. The molecule has 148 valence electrons. The summed E-state index contributed by atoms with van der Waals surface area (Å²) in [6.45, 7) is 0.490. The predicted octanol–water partition coefficient (Wildman–Crippen LogP) is 3.11. The van der Waals surface area contributed by atoms with Crippen LogP contribution in [-0.4, -0.2) is 44.6 Å². The molecule has 1 amide bonds. The number of nitro benzene ring substituents is 1. The van der Waals surface area contributed by atoms with Gasteiger partial charge in [-0.2, -0.15) is 0 Å². The Kier molecular flexibility index (Phi) is 4.77. The van der Waals surface area contributed by atoms with E-state index in [0.717, 1.165) is 0 Å². The number of benzene rings is 2. The van der Waals surface area contributed by atoms with Gasteiger partial charge in [-0.05, 0) is 32.3 Å². The molecule has 0 spiro atoms.